The highest BCUT2D eigenvalue weighted by molar-refractivity contribution is 6.32. The SMILES string of the molecule is CCc1ccc(Cl)c(CC)c1NC(=O)N1CCCC1c1ccc(OC)cc1OC. The number of likely N-dealkylation sites (tertiary alicyclic amines) is 1. The van der Waals surface area contributed by atoms with E-state index >= 15 is 0 Å². The lowest BCUT2D eigenvalue weighted by Crippen LogP contribution is -2.35. The highest BCUT2D eigenvalue weighted by atomic mass is 35.5. The summed E-state index contributed by atoms with van der Waals surface area (Å²) < 4.78 is 10.9. The van der Waals surface area contributed by atoms with Gasteiger partial charge in [-0.05, 0) is 55.0 Å². The van der Waals surface area contributed by atoms with Gasteiger partial charge in [0.2, 0.25) is 0 Å². The number of urea groups is 1. The van der Waals surface area contributed by atoms with E-state index in [1.807, 2.05) is 35.2 Å². The molecule has 0 saturated carbocycles. The van der Waals surface area contributed by atoms with Crippen LogP contribution in [0.3, 0.4) is 0 Å². The first-order valence-electron chi connectivity index (χ1n) is 10.1. The van der Waals surface area contributed by atoms with Crippen molar-refractivity contribution in [3.05, 3.63) is 52.0 Å². The molecule has 6 heteroatoms. The van der Waals surface area contributed by atoms with Crippen LogP contribution in [0.15, 0.2) is 30.3 Å². The van der Waals surface area contributed by atoms with Crippen LogP contribution in [0.2, 0.25) is 5.02 Å². The number of nitrogens with one attached hydrogen (secondary N) is 1. The fraction of sp³-hybridized carbons (Fsp3) is 0.435. The van der Waals surface area contributed by atoms with Crippen molar-refractivity contribution >= 4 is 23.3 Å². The molecule has 1 saturated heterocycles. The molecule has 0 aromatic heterocycles. The number of benzene rings is 2. The number of halogens is 1. The predicted molar refractivity (Wildman–Crippen MR) is 117 cm³/mol. The highest BCUT2D eigenvalue weighted by Gasteiger charge is 2.32. The van der Waals surface area contributed by atoms with Crippen LogP contribution >= 0.6 is 11.6 Å². The molecule has 0 bridgehead atoms. The molecule has 2 aromatic rings. The third kappa shape index (κ3) is 4.30. The number of carbonyl (C=O) groups is 1. The molecule has 156 valence electrons. The average molecular weight is 417 g/mol. The minimum absolute atomic E-state index is 0.0369. The number of nitrogens with zero attached hydrogens (tertiary/aromatic N) is 1. The minimum atomic E-state index is -0.1000. The number of amides is 2. The Hall–Kier alpha value is -2.40. The van der Waals surface area contributed by atoms with Crippen molar-refractivity contribution in [1.29, 1.82) is 0 Å². The maximum absolute atomic E-state index is 13.3. The van der Waals surface area contributed by atoms with Crippen LogP contribution in [0.1, 0.15) is 49.4 Å². The van der Waals surface area contributed by atoms with Gasteiger partial charge >= 0.3 is 6.03 Å². The normalized spacial score (nSPS) is 16.0. The molecule has 1 fully saturated rings. The summed E-state index contributed by atoms with van der Waals surface area (Å²) in [6.07, 6.45) is 3.44. The van der Waals surface area contributed by atoms with Gasteiger partial charge in [0.05, 0.1) is 25.9 Å². The number of hydrogen-bond donors (Lipinski definition) is 1. The number of hydrogen-bond acceptors (Lipinski definition) is 3. The van der Waals surface area contributed by atoms with Crippen molar-refractivity contribution in [3.63, 3.8) is 0 Å². The molecule has 29 heavy (non-hydrogen) atoms. The Balaban J connectivity index is 1.90. The van der Waals surface area contributed by atoms with E-state index in [9.17, 15) is 4.79 Å². The van der Waals surface area contributed by atoms with Gasteiger partial charge in [-0.2, -0.15) is 0 Å². The van der Waals surface area contributed by atoms with Gasteiger partial charge < -0.3 is 19.7 Å². The molecule has 0 radical (unpaired) electrons. The molecule has 1 heterocycles. The van der Waals surface area contributed by atoms with E-state index in [1.54, 1.807) is 14.2 Å². The van der Waals surface area contributed by atoms with Crippen molar-refractivity contribution < 1.29 is 14.3 Å². The van der Waals surface area contributed by atoms with Gasteiger partial charge in [-0.25, -0.2) is 4.79 Å². The molecular weight excluding hydrogens is 388 g/mol. The number of carbonyl (C=O) groups excluding carboxylic acids is 1. The Morgan fingerprint density at radius 2 is 1.97 bits per heavy atom. The Kier molecular flexibility index (Phi) is 6.91. The third-order valence-electron chi connectivity index (χ3n) is 5.62. The average Bonchev–Trinajstić information content (AvgIpc) is 3.23. The van der Waals surface area contributed by atoms with E-state index in [0.717, 1.165) is 59.6 Å². The first kappa shape index (κ1) is 21.3. The van der Waals surface area contributed by atoms with E-state index in [1.165, 1.54) is 0 Å². The summed E-state index contributed by atoms with van der Waals surface area (Å²) in [7, 11) is 3.27. The summed E-state index contributed by atoms with van der Waals surface area (Å²) in [5, 5.41) is 3.85. The quantitative estimate of drug-likeness (QED) is 0.642. The number of anilines is 1. The minimum Gasteiger partial charge on any atom is -0.497 e. The predicted octanol–water partition coefficient (Wildman–Crippen LogP) is 5.85. The maximum Gasteiger partial charge on any atom is 0.322 e. The van der Waals surface area contributed by atoms with Gasteiger partial charge in [0.15, 0.2) is 0 Å². The third-order valence-corrected chi connectivity index (χ3v) is 5.98. The second-order valence-electron chi connectivity index (χ2n) is 7.16. The van der Waals surface area contributed by atoms with Crippen molar-refractivity contribution in [2.24, 2.45) is 0 Å². The molecule has 0 spiro atoms. The summed E-state index contributed by atoms with van der Waals surface area (Å²) in [4.78, 5) is 15.2. The van der Waals surface area contributed by atoms with Gasteiger partial charge in [0.1, 0.15) is 11.5 Å². The zero-order valence-electron chi connectivity index (χ0n) is 17.5. The second-order valence-corrected chi connectivity index (χ2v) is 7.56. The van der Waals surface area contributed by atoms with Crippen LogP contribution < -0.4 is 14.8 Å². The fourth-order valence-electron chi connectivity index (χ4n) is 4.07. The molecule has 0 aliphatic carbocycles. The first-order valence-corrected chi connectivity index (χ1v) is 10.5. The smallest absolute Gasteiger partial charge is 0.322 e. The monoisotopic (exact) mass is 416 g/mol. The largest absolute Gasteiger partial charge is 0.497 e. The standard InChI is InChI=1S/C23H29ClN2O3/c1-5-15-9-12-19(24)17(6-2)22(15)25-23(27)26-13-7-8-20(26)18-11-10-16(28-3)14-21(18)29-4/h9-12,14,20H,5-8,13H2,1-4H3,(H,25,27). The van der Waals surface area contributed by atoms with Gasteiger partial charge in [-0.1, -0.05) is 31.5 Å². The van der Waals surface area contributed by atoms with Crippen LogP contribution in [0.5, 0.6) is 11.5 Å². The zero-order valence-corrected chi connectivity index (χ0v) is 18.3. The van der Waals surface area contributed by atoms with Crippen molar-refractivity contribution in [1.82, 2.24) is 4.90 Å². The lowest BCUT2D eigenvalue weighted by Gasteiger charge is -2.28. The molecule has 1 aliphatic rings. The van der Waals surface area contributed by atoms with Gasteiger partial charge in [0, 0.05) is 23.2 Å². The maximum atomic E-state index is 13.3. The fourth-order valence-corrected chi connectivity index (χ4v) is 4.36. The van der Waals surface area contributed by atoms with Crippen molar-refractivity contribution in [2.45, 2.75) is 45.6 Å². The van der Waals surface area contributed by atoms with Crippen molar-refractivity contribution in [2.75, 3.05) is 26.1 Å². The molecule has 1 unspecified atom stereocenters. The van der Waals surface area contributed by atoms with Gasteiger partial charge in [-0.15, -0.1) is 0 Å². The number of aryl methyl sites for hydroxylation is 1. The van der Waals surface area contributed by atoms with E-state index in [2.05, 4.69) is 19.2 Å². The molecule has 1 atom stereocenters. The summed E-state index contributed by atoms with van der Waals surface area (Å²) >= 11 is 6.40. The van der Waals surface area contributed by atoms with E-state index in [-0.39, 0.29) is 12.1 Å². The molecular formula is C23H29ClN2O3. The molecule has 1 N–H and O–H groups in total. The Bertz CT molecular complexity index is 885. The molecule has 3 rings (SSSR count). The molecule has 2 amide bonds. The zero-order chi connectivity index (χ0) is 21.0. The Labute approximate surface area is 177 Å². The molecule has 2 aromatic carbocycles. The Morgan fingerprint density at radius 3 is 2.62 bits per heavy atom. The summed E-state index contributed by atoms with van der Waals surface area (Å²) in [6.45, 7) is 4.84. The van der Waals surface area contributed by atoms with Crippen LogP contribution in [0, 0.1) is 0 Å². The topological polar surface area (TPSA) is 50.8 Å². The van der Waals surface area contributed by atoms with Crippen molar-refractivity contribution in [3.8, 4) is 11.5 Å². The number of ether oxygens (including phenoxy) is 2. The Morgan fingerprint density at radius 1 is 1.17 bits per heavy atom. The lowest BCUT2D eigenvalue weighted by molar-refractivity contribution is 0.206. The summed E-state index contributed by atoms with van der Waals surface area (Å²) in [5.74, 6) is 1.47. The summed E-state index contributed by atoms with van der Waals surface area (Å²) in [5.41, 5.74) is 3.92. The van der Waals surface area contributed by atoms with E-state index < -0.39 is 0 Å². The van der Waals surface area contributed by atoms with Crippen LogP contribution in [-0.2, 0) is 12.8 Å². The second kappa shape index (κ2) is 9.40. The van der Waals surface area contributed by atoms with E-state index in [4.69, 9.17) is 21.1 Å². The van der Waals surface area contributed by atoms with Crippen LogP contribution in [0.25, 0.3) is 0 Å². The number of rotatable bonds is 6. The van der Waals surface area contributed by atoms with Crippen LogP contribution in [0.4, 0.5) is 10.5 Å². The van der Waals surface area contributed by atoms with Crippen LogP contribution in [-0.4, -0.2) is 31.7 Å². The molecule has 5 nitrogen and oxygen atoms in total. The first-order chi connectivity index (χ1) is 14.0. The molecule has 1 aliphatic heterocycles. The van der Waals surface area contributed by atoms with E-state index in [0.29, 0.717) is 11.6 Å². The lowest BCUT2D eigenvalue weighted by atomic mass is 10.0. The number of methoxy groups -OCH3 is 2. The summed E-state index contributed by atoms with van der Waals surface area (Å²) in [6, 6.07) is 9.53. The highest BCUT2D eigenvalue weighted by Crippen LogP contribution is 2.39. The van der Waals surface area contributed by atoms with Gasteiger partial charge in [-0.3, -0.25) is 0 Å². The van der Waals surface area contributed by atoms with Gasteiger partial charge in [0.25, 0.3) is 0 Å².